The van der Waals surface area contributed by atoms with E-state index in [1.54, 1.807) is 19.2 Å². The minimum atomic E-state index is -0.132. The molecule has 0 spiro atoms. The molecule has 0 unspecified atom stereocenters. The Balaban J connectivity index is 1.71. The summed E-state index contributed by atoms with van der Waals surface area (Å²) in [6.45, 7) is 3.79. The number of carbonyl (C=O) groups excluding carboxylic acids is 1. The second-order valence-corrected chi connectivity index (χ2v) is 7.24. The Labute approximate surface area is 166 Å². The Hall–Kier alpha value is -2.51. The molecule has 0 atom stereocenters. The molecular formula is C19H19ClN4O2S. The van der Waals surface area contributed by atoms with Crippen molar-refractivity contribution in [3.63, 3.8) is 0 Å². The van der Waals surface area contributed by atoms with Crippen LogP contribution in [-0.4, -0.2) is 33.5 Å². The number of anilines is 1. The molecule has 0 aliphatic carbocycles. The monoisotopic (exact) mass is 402 g/mol. The van der Waals surface area contributed by atoms with E-state index in [2.05, 4.69) is 15.5 Å². The standard InChI is InChI=1S/C19H19ClN4O2S/c1-12-4-5-14(20)10-17(12)21-18(25)11-27-19-23-22-13(2)24(19)15-6-8-16(26-3)9-7-15/h4-10H,11H2,1-3H3,(H,21,25). The number of benzene rings is 2. The lowest BCUT2D eigenvalue weighted by molar-refractivity contribution is -0.113. The van der Waals surface area contributed by atoms with Gasteiger partial charge in [-0.25, -0.2) is 0 Å². The summed E-state index contributed by atoms with van der Waals surface area (Å²) in [5, 5.41) is 12.4. The lowest BCUT2D eigenvalue weighted by Gasteiger charge is -2.10. The number of nitrogens with one attached hydrogen (secondary N) is 1. The molecule has 0 aliphatic heterocycles. The van der Waals surface area contributed by atoms with E-state index in [1.807, 2.05) is 48.7 Å². The van der Waals surface area contributed by atoms with Crippen LogP contribution in [0.25, 0.3) is 5.69 Å². The summed E-state index contributed by atoms with van der Waals surface area (Å²) in [6, 6.07) is 13.0. The van der Waals surface area contributed by atoms with Gasteiger partial charge in [0.1, 0.15) is 11.6 Å². The molecular weight excluding hydrogens is 384 g/mol. The number of amides is 1. The Morgan fingerprint density at radius 3 is 2.63 bits per heavy atom. The SMILES string of the molecule is COc1ccc(-n2c(C)nnc2SCC(=O)Nc2cc(Cl)ccc2C)cc1. The molecule has 6 nitrogen and oxygen atoms in total. The number of aryl methyl sites for hydroxylation is 2. The number of hydrogen-bond donors (Lipinski definition) is 1. The Morgan fingerprint density at radius 1 is 1.19 bits per heavy atom. The third-order valence-corrected chi connectivity index (χ3v) is 5.10. The average molecular weight is 403 g/mol. The highest BCUT2D eigenvalue weighted by molar-refractivity contribution is 7.99. The highest BCUT2D eigenvalue weighted by atomic mass is 35.5. The quantitative estimate of drug-likeness (QED) is 0.623. The van der Waals surface area contributed by atoms with E-state index >= 15 is 0 Å². The molecule has 3 rings (SSSR count). The molecule has 0 saturated heterocycles. The van der Waals surface area contributed by atoms with Gasteiger partial charge in [-0.1, -0.05) is 29.4 Å². The van der Waals surface area contributed by atoms with Crippen molar-refractivity contribution >= 4 is 35.0 Å². The van der Waals surface area contributed by atoms with Crippen LogP contribution in [0.1, 0.15) is 11.4 Å². The number of ether oxygens (including phenoxy) is 1. The minimum absolute atomic E-state index is 0.132. The molecule has 2 aromatic carbocycles. The summed E-state index contributed by atoms with van der Waals surface area (Å²) in [5.41, 5.74) is 2.57. The van der Waals surface area contributed by atoms with Crippen molar-refractivity contribution in [3.8, 4) is 11.4 Å². The number of hydrogen-bond acceptors (Lipinski definition) is 5. The lowest BCUT2D eigenvalue weighted by Crippen LogP contribution is -2.15. The van der Waals surface area contributed by atoms with Gasteiger partial charge < -0.3 is 10.1 Å². The number of methoxy groups -OCH3 is 1. The molecule has 140 valence electrons. The summed E-state index contributed by atoms with van der Waals surface area (Å²) in [7, 11) is 1.63. The fourth-order valence-corrected chi connectivity index (χ4v) is 3.48. The second-order valence-electron chi connectivity index (χ2n) is 5.86. The maximum Gasteiger partial charge on any atom is 0.234 e. The number of aromatic nitrogens is 3. The first-order chi connectivity index (χ1) is 13.0. The van der Waals surface area contributed by atoms with Crippen LogP contribution in [0.15, 0.2) is 47.6 Å². The normalized spacial score (nSPS) is 10.7. The maximum atomic E-state index is 12.3. The van der Waals surface area contributed by atoms with Crippen molar-refractivity contribution in [1.29, 1.82) is 0 Å². The first-order valence-corrected chi connectivity index (χ1v) is 9.59. The van der Waals surface area contributed by atoms with Crippen LogP contribution >= 0.6 is 23.4 Å². The van der Waals surface area contributed by atoms with Crippen LogP contribution in [0.4, 0.5) is 5.69 Å². The zero-order valence-corrected chi connectivity index (χ0v) is 16.8. The number of rotatable bonds is 6. The van der Waals surface area contributed by atoms with Crippen LogP contribution in [0, 0.1) is 13.8 Å². The van der Waals surface area contributed by atoms with E-state index in [1.165, 1.54) is 11.8 Å². The van der Waals surface area contributed by atoms with Gasteiger partial charge in [0, 0.05) is 16.4 Å². The summed E-state index contributed by atoms with van der Waals surface area (Å²) in [5.74, 6) is 1.59. The number of halogens is 1. The molecule has 0 aliphatic rings. The van der Waals surface area contributed by atoms with Gasteiger partial charge in [0.2, 0.25) is 5.91 Å². The first-order valence-electron chi connectivity index (χ1n) is 8.23. The van der Waals surface area contributed by atoms with Gasteiger partial charge in [-0.15, -0.1) is 10.2 Å². The Morgan fingerprint density at radius 2 is 1.93 bits per heavy atom. The Bertz CT molecular complexity index is 957. The van der Waals surface area contributed by atoms with Crippen LogP contribution in [0.2, 0.25) is 5.02 Å². The van der Waals surface area contributed by atoms with Crippen molar-refractivity contribution in [2.75, 3.05) is 18.2 Å². The molecule has 1 N–H and O–H groups in total. The molecule has 3 aromatic rings. The molecule has 1 aromatic heterocycles. The first kappa shape index (κ1) is 19.3. The van der Waals surface area contributed by atoms with Gasteiger partial charge in [0.05, 0.1) is 12.9 Å². The van der Waals surface area contributed by atoms with Gasteiger partial charge in [-0.2, -0.15) is 0 Å². The van der Waals surface area contributed by atoms with Gasteiger partial charge in [0.25, 0.3) is 0 Å². The van der Waals surface area contributed by atoms with E-state index < -0.39 is 0 Å². The number of carbonyl (C=O) groups is 1. The summed E-state index contributed by atoms with van der Waals surface area (Å²) in [4.78, 5) is 12.3. The van der Waals surface area contributed by atoms with Crippen molar-refractivity contribution in [2.45, 2.75) is 19.0 Å². The van der Waals surface area contributed by atoms with Crippen molar-refractivity contribution in [3.05, 3.63) is 58.9 Å². The lowest BCUT2D eigenvalue weighted by atomic mass is 10.2. The second kappa shape index (κ2) is 8.45. The van der Waals surface area contributed by atoms with Gasteiger partial charge in [-0.3, -0.25) is 9.36 Å². The summed E-state index contributed by atoms with van der Waals surface area (Å²) >= 11 is 7.32. The smallest absolute Gasteiger partial charge is 0.234 e. The van der Waals surface area contributed by atoms with E-state index in [-0.39, 0.29) is 11.7 Å². The topological polar surface area (TPSA) is 69.0 Å². The van der Waals surface area contributed by atoms with E-state index in [0.29, 0.717) is 15.9 Å². The van der Waals surface area contributed by atoms with E-state index in [0.717, 1.165) is 22.8 Å². The Kier molecular flexibility index (Phi) is 6.03. The molecule has 0 radical (unpaired) electrons. The third kappa shape index (κ3) is 4.61. The van der Waals surface area contributed by atoms with Gasteiger partial charge in [0.15, 0.2) is 5.16 Å². The summed E-state index contributed by atoms with van der Waals surface area (Å²) in [6.07, 6.45) is 0. The molecule has 1 amide bonds. The molecule has 0 saturated carbocycles. The largest absolute Gasteiger partial charge is 0.497 e. The zero-order chi connectivity index (χ0) is 19.4. The van der Waals surface area contributed by atoms with Crippen LogP contribution in [-0.2, 0) is 4.79 Å². The third-order valence-electron chi connectivity index (χ3n) is 3.93. The van der Waals surface area contributed by atoms with Crippen LogP contribution < -0.4 is 10.1 Å². The molecule has 0 bridgehead atoms. The van der Waals surface area contributed by atoms with E-state index in [4.69, 9.17) is 16.3 Å². The molecule has 27 heavy (non-hydrogen) atoms. The van der Waals surface area contributed by atoms with Crippen LogP contribution in [0.5, 0.6) is 5.75 Å². The fraction of sp³-hybridized carbons (Fsp3) is 0.211. The van der Waals surface area contributed by atoms with Crippen molar-refractivity contribution in [2.24, 2.45) is 0 Å². The fourth-order valence-electron chi connectivity index (χ4n) is 2.51. The predicted octanol–water partition coefficient (Wildman–Crippen LogP) is 4.28. The zero-order valence-electron chi connectivity index (χ0n) is 15.2. The molecule has 0 fully saturated rings. The predicted molar refractivity (Wildman–Crippen MR) is 108 cm³/mol. The van der Waals surface area contributed by atoms with Crippen molar-refractivity contribution < 1.29 is 9.53 Å². The van der Waals surface area contributed by atoms with Gasteiger partial charge >= 0.3 is 0 Å². The molecule has 1 heterocycles. The molecule has 8 heteroatoms. The average Bonchev–Trinajstić information content (AvgIpc) is 3.03. The number of thioether (sulfide) groups is 1. The highest BCUT2D eigenvalue weighted by Gasteiger charge is 2.14. The number of nitrogens with zero attached hydrogens (tertiary/aromatic N) is 3. The highest BCUT2D eigenvalue weighted by Crippen LogP contribution is 2.24. The maximum absolute atomic E-state index is 12.3. The van der Waals surface area contributed by atoms with Crippen molar-refractivity contribution in [1.82, 2.24) is 14.8 Å². The minimum Gasteiger partial charge on any atom is -0.497 e. The van der Waals surface area contributed by atoms with E-state index in [9.17, 15) is 4.79 Å². The summed E-state index contributed by atoms with van der Waals surface area (Å²) < 4.78 is 7.10. The van der Waals surface area contributed by atoms with Gasteiger partial charge in [-0.05, 0) is 55.8 Å². The van der Waals surface area contributed by atoms with Crippen LogP contribution in [0.3, 0.4) is 0 Å².